The molecule has 1 N–H and O–H groups in total. The first kappa shape index (κ1) is 20.5. The minimum atomic E-state index is -0.278. The highest BCUT2D eigenvalue weighted by Gasteiger charge is 2.50. The highest BCUT2D eigenvalue weighted by Crippen LogP contribution is 2.36. The van der Waals surface area contributed by atoms with E-state index in [1.807, 2.05) is 6.07 Å². The number of ether oxygens (including phenoxy) is 2. The van der Waals surface area contributed by atoms with Gasteiger partial charge in [0.1, 0.15) is 18.2 Å². The van der Waals surface area contributed by atoms with Crippen molar-refractivity contribution in [2.24, 2.45) is 0 Å². The van der Waals surface area contributed by atoms with Crippen LogP contribution in [0.3, 0.4) is 0 Å². The van der Waals surface area contributed by atoms with Crippen LogP contribution in [0.2, 0.25) is 0 Å². The molecule has 3 aromatic rings. The van der Waals surface area contributed by atoms with Crippen molar-refractivity contribution in [2.75, 3.05) is 26.3 Å². The molecule has 5 heterocycles. The van der Waals surface area contributed by atoms with Crippen LogP contribution in [0.4, 0.5) is 0 Å². The number of tetrazole rings is 1. The summed E-state index contributed by atoms with van der Waals surface area (Å²) >= 11 is 0. The Kier molecular flexibility index (Phi) is 5.41. The quantitative estimate of drug-likeness (QED) is 0.604. The van der Waals surface area contributed by atoms with Gasteiger partial charge in [0.15, 0.2) is 11.6 Å². The Balaban J connectivity index is 1.18. The fourth-order valence-electron chi connectivity index (χ4n) is 5.07. The molecule has 4 atom stereocenters. The molecule has 1 amide bonds. The third-order valence-corrected chi connectivity index (χ3v) is 6.69. The number of carbonyl (C=O) groups is 1. The molecule has 3 aliphatic heterocycles. The fraction of sp³-hybridized carbons (Fsp3) is 0.478. The number of benzene rings is 1. The fourth-order valence-corrected chi connectivity index (χ4v) is 5.07. The third-order valence-electron chi connectivity index (χ3n) is 6.69. The van der Waals surface area contributed by atoms with Crippen LogP contribution in [0, 0.1) is 0 Å². The Bertz CT molecular complexity index is 1110. The van der Waals surface area contributed by atoms with Gasteiger partial charge in [0, 0.05) is 12.1 Å². The van der Waals surface area contributed by atoms with Gasteiger partial charge >= 0.3 is 0 Å². The molecule has 3 aliphatic rings. The summed E-state index contributed by atoms with van der Waals surface area (Å²) in [6.07, 6.45) is 3.50. The molecule has 0 radical (unpaired) electrons. The number of furan rings is 1. The number of likely N-dealkylation sites (tertiary alicyclic amines) is 1. The van der Waals surface area contributed by atoms with Gasteiger partial charge in [-0.05, 0) is 60.1 Å². The Hall–Kier alpha value is -3.08. The van der Waals surface area contributed by atoms with Crippen molar-refractivity contribution < 1.29 is 18.7 Å². The normalized spacial score (nSPS) is 27.2. The van der Waals surface area contributed by atoms with E-state index in [1.54, 1.807) is 16.8 Å². The molecular formula is C23H26N6O4. The summed E-state index contributed by atoms with van der Waals surface area (Å²) in [5.74, 6) is 0.683. The second kappa shape index (κ2) is 8.69. The lowest BCUT2D eigenvalue weighted by Gasteiger charge is -2.18. The van der Waals surface area contributed by atoms with Gasteiger partial charge in [0.05, 0.1) is 25.5 Å². The highest BCUT2D eigenvalue weighted by molar-refractivity contribution is 5.91. The smallest absolute Gasteiger partial charge is 0.287 e. The van der Waals surface area contributed by atoms with Crippen LogP contribution < -0.4 is 5.32 Å². The molecule has 10 heteroatoms. The van der Waals surface area contributed by atoms with Gasteiger partial charge in [-0.15, -0.1) is 5.10 Å². The number of amides is 1. The Morgan fingerprint density at radius 2 is 1.97 bits per heavy atom. The van der Waals surface area contributed by atoms with Gasteiger partial charge in [-0.2, -0.15) is 0 Å². The molecule has 33 heavy (non-hydrogen) atoms. The zero-order chi connectivity index (χ0) is 22.2. The maximum absolute atomic E-state index is 12.4. The van der Waals surface area contributed by atoms with Crippen LogP contribution in [0.15, 0.2) is 47.1 Å². The topological polar surface area (TPSA) is 108 Å². The number of aromatic nitrogens is 4. The number of fused-ring (bicyclic) bond motifs is 1. The van der Waals surface area contributed by atoms with Gasteiger partial charge < -0.3 is 19.2 Å². The summed E-state index contributed by atoms with van der Waals surface area (Å²) in [4.78, 5) is 14.9. The summed E-state index contributed by atoms with van der Waals surface area (Å²) < 4.78 is 19.1. The van der Waals surface area contributed by atoms with E-state index < -0.39 is 0 Å². The zero-order valence-electron chi connectivity index (χ0n) is 18.2. The first-order chi connectivity index (χ1) is 16.3. The Morgan fingerprint density at radius 1 is 1.09 bits per heavy atom. The largest absolute Gasteiger partial charge is 0.459 e. The predicted molar refractivity (Wildman–Crippen MR) is 116 cm³/mol. The molecule has 4 unspecified atom stereocenters. The first-order valence-corrected chi connectivity index (χ1v) is 11.4. The number of nitrogens with zero attached hydrogens (tertiary/aromatic N) is 5. The number of carbonyl (C=O) groups excluding carboxylic acids is 1. The lowest BCUT2D eigenvalue weighted by molar-refractivity contribution is 0.0613. The summed E-state index contributed by atoms with van der Waals surface area (Å²) in [6, 6.07) is 11.3. The predicted octanol–water partition coefficient (Wildman–Crippen LogP) is 1.67. The second-order valence-electron chi connectivity index (χ2n) is 8.85. The standard InChI is InChI=1S/C23H26N6O4/c30-23(19-7-4-10-31-19)24-17-13-32-21-18(14-33-20(17)21)29-22(25-26-27-29)16-6-3-5-15(11-16)12-28-8-1-2-9-28/h3-7,10-11,17-18,20-21H,1-2,8-9,12-14H2,(H,24,30). The van der Waals surface area contributed by atoms with Gasteiger partial charge in [-0.3, -0.25) is 9.69 Å². The van der Waals surface area contributed by atoms with Crippen molar-refractivity contribution in [3.8, 4) is 11.4 Å². The van der Waals surface area contributed by atoms with Crippen LogP contribution >= 0.6 is 0 Å². The van der Waals surface area contributed by atoms with E-state index in [9.17, 15) is 4.79 Å². The molecule has 0 spiro atoms. The van der Waals surface area contributed by atoms with Crippen molar-refractivity contribution in [1.82, 2.24) is 30.4 Å². The number of rotatable bonds is 6. The second-order valence-corrected chi connectivity index (χ2v) is 8.85. The minimum absolute atomic E-state index is 0.173. The summed E-state index contributed by atoms with van der Waals surface area (Å²) in [6.45, 7) is 4.01. The maximum Gasteiger partial charge on any atom is 0.287 e. The minimum Gasteiger partial charge on any atom is -0.459 e. The maximum atomic E-state index is 12.4. The molecule has 0 aliphatic carbocycles. The zero-order valence-corrected chi connectivity index (χ0v) is 18.2. The number of hydrogen-bond donors (Lipinski definition) is 1. The summed E-state index contributed by atoms with van der Waals surface area (Å²) in [5.41, 5.74) is 2.23. The van der Waals surface area contributed by atoms with Crippen molar-refractivity contribution in [3.63, 3.8) is 0 Å². The molecule has 3 fully saturated rings. The lowest BCUT2D eigenvalue weighted by Crippen LogP contribution is -2.44. The van der Waals surface area contributed by atoms with Gasteiger partial charge in [-0.25, -0.2) is 4.68 Å². The lowest BCUT2D eigenvalue weighted by atomic mass is 10.1. The molecule has 0 bridgehead atoms. The SMILES string of the molecule is O=C(NC1COC2C1OCC2n1nnnc1-c1cccc(CN2CCCC2)c1)c1ccco1. The highest BCUT2D eigenvalue weighted by atomic mass is 16.6. The van der Waals surface area contributed by atoms with Crippen LogP contribution in [0.5, 0.6) is 0 Å². The molecule has 0 saturated carbocycles. The van der Waals surface area contributed by atoms with Crippen LogP contribution in [-0.4, -0.2) is 75.6 Å². The van der Waals surface area contributed by atoms with Crippen LogP contribution in [0.25, 0.3) is 11.4 Å². The molecule has 172 valence electrons. The monoisotopic (exact) mass is 450 g/mol. The van der Waals surface area contributed by atoms with Crippen molar-refractivity contribution in [1.29, 1.82) is 0 Å². The molecule has 10 nitrogen and oxygen atoms in total. The van der Waals surface area contributed by atoms with E-state index >= 15 is 0 Å². The van der Waals surface area contributed by atoms with Crippen molar-refractivity contribution >= 4 is 5.91 Å². The average molecular weight is 450 g/mol. The molecule has 3 saturated heterocycles. The first-order valence-electron chi connectivity index (χ1n) is 11.4. The summed E-state index contributed by atoms with van der Waals surface area (Å²) in [7, 11) is 0. The third kappa shape index (κ3) is 3.94. The summed E-state index contributed by atoms with van der Waals surface area (Å²) in [5, 5.41) is 15.5. The molecule has 2 aromatic heterocycles. The van der Waals surface area contributed by atoms with Crippen LogP contribution in [-0.2, 0) is 16.0 Å². The van der Waals surface area contributed by atoms with Gasteiger partial charge in [0.2, 0.25) is 0 Å². The molecular weight excluding hydrogens is 424 g/mol. The van der Waals surface area contributed by atoms with E-state index in [0.29, 0.717) is 19.0 Å². The van der Waals surface area contributed by atoms with E-state index in [0.717, 1.165) is 25.2 Å². The van der Waals surface area contributed by atoms with E-state index in [-0.39, 0.29) is 36.0 Å². The average Bonchev–Trinajstić information content (AvgIpc) is 3.64. The Morgan fingerprint density at radius 3 is 2.82 bits per heavy atom. The Labute approximate surface area is 190 Å². The number of hydrogen-bond acceptors (Lipinski definition) is 8. The van der Waals surface area contributed by atoms with E-state index in [1.165, 1.54) is 24.7 Å². The van der Waals surface area contributed by atoms with Gasteiger partial charge in [0.25, 0.3) is 5.91 Å². The van der Waals surface area contributed by atoms with Gasteiger partial charge in [-0.1, -0.05) is 18.2 Å². The molecule has 6 rings (SSSR count). The number of nitrogens with one attached hydrogen (secondary N) is 1. The van der Waals surface area contributed by atoms with Crippen LogP contribution in [0.1, 0.15) is 35.0 Å². The van der Waals surface area contributed by atoms with E-state index in [2.05, 4.69) is 43.9 Å². The van der Waals surface area contributed by atoms with Crippen molar-refractivity contribution in [2.45, 2.75) is 43.7 Å². The molecule has 1 aromatic carbocycles. The van der Waals surface area contributed by atoms with E-state index in [4.69, 9.17) is 13.9 Å². The van der Waals surface area contributed by atoms with Crippen molar-refractivity contribution in [3.05, 3.63) is 54.0 Å².